The summed E-state index contributed by atoms with van der Waals surface area (Å²) in [5.74, 6) is 1.26. The van der Waals surface area contributed by atoms with E-state index in [1.54, 1.807) is 12.1 Å². The van der Waals surface area contributed by atoms with Crippen molar-refractivity contribution < 1.29 is 23.8 Å². The lowest BCUT2D eigenvalue weighted by Gasteiger charge is -2.12. The molecule has 1 amide bonds. The summed E-state index contributed by atoms with van der Waals surface area (Å²) >= 11 is 0. The summed E-state index contributed by atoms with van der Waals surface area (Å²) in [6.07, 6.45) is 4.83. The second kappa shape index (κ2) is 9.12. The molecule has 1 aliphatic carbocycles. The zero-order chi connectivity index (χ0) is 19.9. The average molecular weight is 384 g/mol. The van der Waals surface area contributed by atoms with E-state index in [1.807, 2.05) is 12.1 Å². The average Bonchev–Trinajstić information content (AvgIpc) is 3.18. The van der Waals surface area contributed by atoms with Gasteiger partial charge in [-0.15, -0.1) is 0 Å². The molecule has 0 spiro atoms. The number of aryl methyl sites for hydroxylation is 2. The summed E-state index contributed by atoms with van der Waals surface area (Å²) in [6.45, 7) is -0.183. The van der Waals surface area contributed by atoms with E-state index < -0.39 is 0 Å². The first-order chi connectivity index (χ1) is 13.6. The number of hydrogen-bond acceptors (Lipinski definition) is 6. The quantitative estimate of drug-likeness (QED) is 0.559. The molecule has 0 atom stereocenters. The predicted octanol–water partition coefficient (Wildman–Crippen LogP) is 3.19. The van der Waals surface area contributed by atoms with Gasteiger partial charge >= 0.3 is 0 Å². The molecule has 0 unspecified atom stereocenters. The van der Waals surface area contributed by atoms with Gasteiger partial charge in [0.25, 0.3) is 5.91 Å². The van der Waals surface area contributed by atoms with Crippen LogP contribution in [0.3, 0.4) is 0 Å². The molecular formula is C21H24N2O5. The Morgan fingerprint density at radius 1 is 1.04 bits per heavy atom. The molecule has 28 heavy (non-hydrogen) atoms. The van der Waals surface area contributed by atoms with Gasteiger partial charge in [0.1, 0.15) is 0 Å². The number of nitrogens with one attached hydrogen (secondary N) is 1. The van der Waals surface area contributed by atoms with Crippen LogP contribution in [0.15, 0.2) is 35.5 Å². The van der Waals surface area contributed by atoms with E-state index in [0.717, 1.165) is 18.5 Å². The highest BCUT2D eigenvalue weighted by atomic mass is 16.6. The van der Waals surface area contributed by atoms with Gasteiger partial charge in [-0.25, -0.2) is 0 Å². The van der Waals surface area contributed by atoms with E-state index in [0.29, 0.717) is 22.8 Å². The van der Waals surface area contributed by atoms with E-state index in [9.17, 15) is 4.79 Å². The predicted molar refractivity (Wildman–Crippen MR) is 107 cm³/mol. The summed E-state index contributed by atoms with van der Waals surface area (Å²) in [6, 6.07) is 9.49. The minimum absolute atomic E-state index is 0.183. The third-order valence-corrected chi connectivity index (χ3v) is 4.54. The number of carbonyl (C=O) groups excluding carboxylic acids is 1. The molecule has 0 aromatic heterocycles. The molecule has 2 aromatic rings. The van der Waals surface area contributed by atoms with Gasteiger partial charge in [-0.3, -0.25) is 4.79 Å². The molecule has 7 heteroatoms. The van der Waals surface area contributed by atoms with E-state index in [-0.39, 0.29) is 12.5 Å². The Bertz CT molecular complexity index is 854. The van der Waals surface area contributed by atoms with Crippen LogP contribution >= 0.6 is 0 Å². The van der Waals surface area contributed by atoms with Crippen LogP contribution in [0, 0.1) is 0 Å². The van der Waals surface area contributed by atoms with Gasteiger partial charge in [0.15, 0.2) is 18.1 Å². The maximum atomic E-state index is 12.0. The van der Waals surface area contributed by atoms with Crippen LogP contribution in [0.2, 0.25) is 0 Å². The number of rotatable bonds is 8. The van der Waals surface area contributed by atoms with Gasteiger partial charge in [-0.05, 0) is 54.7 Å². The molecule has 1 N–H and O–H groups in total. The molecule has 2 aromatic carbocycles. The molecule has 3 rings (SSSR count). The largest absolute Gasteiger partial charge is 0.493 e. The Labute approximate surface area is 164 Å². The number of ether oxygens (including phenoxy) is 3. The molecule has 0 fully saturated rings. The summed E-state index contributed by atoms with van der Waals surface area (Å²) in [5.41, 5.74) is 4.14. The fourth-order valence-corrected chi connectivity index (χ4v) is 3.22. The monoisotopic (exact) mass is 384 g/mol. The molecule has 1 aliphatic rings. The van der Waals surface area contributed by atoms with Gasteiger partial charge in [0.2, 0.25) is 5.75 Å². The van der Waals surface area contributed by atoms with E-state index in [2.05, 4.69) is 16.5 Å². The van der Waals surface area contributed by atoms with Crippen LogP contribution in [-0.2, 0) is 22.5 Å². The lowest BCUT2D eigenvalue weighted by molar-refractivity contribution is -0.120. The van der Waals surface area contributed by atoms with Crippen molar-refractivity contribution in [2.75, 3.05) is 33.3 Å². The molecule has 0 saturated heterocycles. The summed E-state index contributed by atoms with van der Waals surface area (Å²) in [5, 5.41) is 6.68. The Balaban J connectivity index is 1.55. The number of carbonyl (C=O) groups is 1. The fraction of sp³-hybridized carbons (Fsp3) is 0.333. The third kappa shape index (κ3) is 4.54. The summed E-state index contributed by atoms with van der Waals surface area (Å²) < 4.78 is 15.9. The molecule has 0 saturated carbocycles. The Morgan fingerprint density at radius 2 is 1.75 bits per heavy atom. The van der Waals surface area contributed by atoms with Gasteiger partial charge in [0, 0.05) is 11.3 Å². The van der Waals surface area contributed by atoms with Crippen LogP contribution in [0.25, 0.3) is 0 Å². The Hall–Kier alpha value is -3.22. The standard InChI is InChI=1S/C21H24N2O5/c1-25-18-9-14(10-19(26-2)21(18)27-3)12-22-28-13-20(24)23-17-8-7-15-5-4-6-16(15)11-17/h7-12H,4-6,13H2,1-3H3,(H,23,24)/b22-12-. The molecule has 0 bridgehead atoms. The Kier molecular flexibility index (Phi) is 6.37. The highest BCUT2D eigenvalue weighted by Gasteiger charge is 2.13. The number of nitrogens with zero attached hydrogens (tertiary/aromatic N) is 1. The number of amides is 1. The minimum atomic E-state index is -0.264. The van der Waals surface area contributed by atoms with Crippen molar-refractivity contribution in [1.82, 2.24) is 0 Å². The van der Waals surface area contributed by atoms with Crippen molar-refractivity contribution in [2.45, 2.75) is 19.3 Å². The molecule has 0 radical (unpaired) electrons. The van der Waals surface area contributed by atoms with Gasteiger partial charge in [-0.1, -0.05) is 11.2 Å². The molecule has 7 nitrogen and oxygen atoms in total. The fourth-order valence-electron chi connectivity index (χ4n) is 3.22. The summed E-state index contributed by atoms with van der Waals surface area (Å²) in [4.78, 5) is 17.2. The van der Waals surface area contributed by atoms with E-state index in [4.69, 9.17) is 19.0 Å². The number of hydrogen-bond donors (Lipinski definition) is 1. The maximum absolute atomic E-state index is 12.0. The van der Waals surface area contributed by atoms with E-state index >= 15 is 0 Å². The zero-order valence-corrected chi connectivity index (χ0v) is 16.3. The van der Waals surface area contributed by atoms with E-state index in [1.165, 1.54) is 45.1 Å². The first kappa shape index (κ1) is 19.5. The van der Waals surface area contributed by atoms with Crippen molar-refractivity contribution in [3.8, 4) is 17.2 Å². The van der Waals surface area contributed by atoms with Crippen LogP contribution in [0.1, 0.15) is 23.1 Å². The lowest BCUT2D eigenvalue weighted by atomic mass is 10.1. The Morgan fingerprint density at radius 3 is 2.43 bits per heavy atom. The van der Waals surface area contributed by atoms with Crippen LogP contribution < -0.4 is 19.5 Å². The maximum Gasteiger partial charge on any atom is 0.265 e. The first-order valence-electron chi connectivity index (χ1n) is 9.01. The van der Waals surface area contributed by atoms with Crippen molar-refractivity contribution >= 4 is 17.8 Å². The molecule has 0 heterocycles. The number of benzene rings is 2. The van der Waals surface area contributed by atoms with Crippen molar-refractivity contribution in [3.63, 3.8) is 0 Å². The zero-order valence-electron chi connectivity index (χ0n) is 16.3. The molecule has 0 aliphatic heterocycles. The highest BCUT2D eigenvalue weighted by molar-refractivity contribution is 5.92. The van der Waals surface area contributed by atoms with Gasteiger partial charge < -0.3 is 24.4 Å². The molecule has 148 valence electrons. The van der Waals surface area contributed by atoms with Crippen molar-refractivity contribution in [2.24, 2.45) is 5.16 Å². The second-order valence-corrected chi connectivity index (χ2v) is 6.35. The van der Waals surface area contributed by atoms with Crippen LogP contribution in [0.4, 0.5) is 5.69 Å². The van der Waals surface area contributed by atoms with Crippen LogP contribution in [-0.4, -0.2) is 40.1 Å². The second-order valence-electron chi connectivity index (χ2n) is 6.35. The summed E-state index contributed by atoms with van der Waals surface area (Å²) in [7, 11) is 4.62. The smallest absolute Gasteiger partial charge is 0.265 e. The first-order valence-corrected chi connectivity index (χ1v) is 9.01. The molecular weight excluding hydrogens is 360 g/mol. The number of oxime groups is 1. The highest BCUT2D eigenvalue weighted by Crippen LogP contribution is 2.37. The SMILES string of the molecule is COc1cc(/C=N\OCC(=O)Nc2ccc3c(c2)CCC3)cc(OC)c1OC. The number of anilines is 1. The van der Waals surface area contributed by atoms with Crippen molar-refractivity contribution in [3.05, 3.63) is 47.0 Å². The topological polar surface area (TPSA) is 78.4 Å². The van der Waals surface area contributed by atoms with Crippen LogP contribution in [0.5, 0.6) is 17.2 Å². The minimum Gasteiger partial charge on any atom is -0.493 e. The van der Waals surface area contributed by atoms with Gasteiger partial charge in [0.05, 0.1) is 27.5 Å². The number of fused-ring (bicyclic) bond motifs is 1. The third-order valence-electron chi connectivity index (χ3n) is 4.54. The lowest BCUT2D eigenvalue weighted by Crippen LogP contribution is -2.17. The normalized spacial score (nSPS) is 12.5. The van der Waals surface area contributed by atoms with Gasteiger partial charge in [-0.2, -0.15) is 0 Å². The number of methoxy groups -OCH3 is 3. The van der Waals surface area contributed by atoms with Crippen molar-refractivity contribution in [1.29, 1.82) is 0 Å².